The second kappa shape index (κ2) is 7.69. The van der Waals surface area contributed by atoms with Gasteiger partial charge in [0.1, 0.15) is 0 Å². The van der Waals surface area contributed by atoms with Gasteiger partial charge in [0.25, 0.3) is 0 Å². The lowest BCUT2D eigenvalue weighted by atomic mass is 10.0. The molecule has 3 nitrogen and oxygen atoms in total. The molecule has 0 aromatic heterocycles. The van der Waals surface area contributed by atoms with Gasteiger partial charge < -0.3 is 10.1 Å². The first kappa shape index (κ1) is 15.5. The van der Waals surface area contributed by atoms with E-state index in [1.54, 1.807) is 7.11 Å². The molecule has 0 bridgehead atoms. The van der Waals surface area contributed by atoms with E-state index in [2.05, 4.69) is 10.2 Å². The van der Waals surface area contributed by atoms with E-state index in [4.69, 9.17) is 4.74 Å². The molecule has 0 amide bonds. The Morgan fingerprint density at radius 3 is 2.33 bits per heavy atom. The zero-order chi connectivity index (χ0) is 9.10. The monoisotopic (exact) mass is 256 g/mol. The van der Waals surface area contributed by atoms with Gasteiger partial charge in [-0.25, -0.2) is 0 Å². The fourth-order valence-electron chi connectivity index (χ4n) is 1.88. The van der Waals surface area contributed by atoms with Crippen molar-refractivity contribution in [3.05, 3.63) is 0 Å². The molecule has 0 aromatic carbocycles. The predicted octanol–water partition coefficient (Wildman–Crippen LogP) is 1.16. The summed E-state index contributed by atoms with van der Waals surface area (Å²) < 4.78 is 5.13. The van der Waals surface area contributed by atoms with Crippen molar-refractivity contribution in [2.75, 3.05) is 39.9 Å². The van der Waals surface area contributed by atoms with Crippen molar-refractivity contribution in [1.82, 2.24) is 10.2 Å². The van der Waals surface area contributed by atoms with E-state index in [-0.39, 0.29) is 24.8 Å². The van der Waals surface area contributed by atoms with Crippen molar-refractivity contribution < 1.29 is 4.74 Å². The highest BCUT2D eigenvalue weighted by molar-refractivity contribution is 5.85. The summed E-state index contributed by atoms with van der Waals surface area (Å²) in [7, 11) is 1.79. The Balaban J connectivity index is 0.000000980. The van der Waals surface area contributed by atoms with Crippen LogP contribution in [0.2, 0.25) is 0 Å². The Morgan fingerprint density at radius 1 is 1.27 bits per heavy atom. The summed E-state index contributed by atoms with van der Waals surface area (Å²) in [6, 6.07) is 0.885. The van der Waals surface area contributed by atoms with Gasteiger partial charge in [-0.2, -0.15) is 0 Å². The van der Waals surface area contributed by atoms with Crippen molar-refractivity contribution in [3.63, 3.8) is 0 Å². The highest BCUT2D eigenvalue weighted by Crippen LogP contribution is 2.27. The van der Waals surface area contributed by atoms with Gasteiger partial charge in [0.2, 0.25) is 0 Å². The summed E-state index contributed by atoms with van der Waals surface area (Å²) in [6.07, 6.45) is 2.81. The quantitative estimate of drug-likeness (QED) is 0.772. The molecule has 2 aliphatic rings. The van der Waals surface area contributed by atoms with E-state index in [0.29, 0.717) is 0 Å². The van der Waals surface area contributed by atoms with Crippen molar-refractivity contribution in [1.29, 1.82) is 0 Å². The fraction of sp³-hybridized carbons (Fsp3) is 1.00. The van der Waals surface area contributed by atoms with Crippen LogP contribution in [0, 0.1) is 5.92 Å². The highest BCUT2D eigenvalue weighted by atomic mass is 35.5. The number of nitrogens with one attached hydrogen (secondary N) is 1. The molecule has 1 aliphatic heterocycles. The van der Waals surface area contributed by atoms with E-state index < -0.39 is 0 Å². The molecule has 0 aromatic rings. The van der Waals surface area contributed by atoms with Crippen molar-refractivity contribution in [2.45, 2.75) is 18.9 Å². The minimum absolute atomic E-state index is 0. The first-order valence-electron chi connectivity index (χ1n) is 5.34. The van der Waals surface area contributed by atoms with Gasteiger partial charge in [0, 0.05) is 39.3 Å². The van der Waals surface area contributed by atoms with Crippen molar-refractivity contribution >= 4 is 24.8 Å². The van der Waals surface area contributed by atoms with Crippen LogP contribution in [-0.4, -0.2) is 50.8 Å². The summed E-state index contributed by atoms with van der Waals surface area (Å²) in [5.41, 5.74) is 0. The van der Waals surface area contributed by atoms with Crippen LogP contribution in [-0.2, 0) is 4.74 Å². The average molecular weight is 257 g/mol. The van der Waals surface area contributed by atoms with Crippen LogP contribution in [0.5, 0.6) is 0 Å². The molecule has 2 fully saturated rings. The Hall–Kier alpha value is 0.460. The molecule has 2 rings (SSSR count). The third kappa shape index (κ3) is 4.87. The topological polar surface area (TPSA) is 24.5 Å². The summed E-state index contributed by atoms with van der Waals surface area (Å²) >= 11 is 0. The molecule has 1 saturated carbocycles. The van der Waals surface area contributed by atoms with Crippen LogP contribution in [0.25, 0.3) is 0 Å². The van der Waals surface area contributed by atoms with E-state index >= 15 is 0 Å². The fourth-order valence-corrected chi connectivity index (χ4v) is 1.88. The summed E-state index contributed by atoms with van der Waals surface area (Å²) in [4.78, 5) is 2.61. The minimum atomic E-state index is 0. The molecule has 1 heterocycles. The number of nitrogens with zero attached hydrogens (tertiary/aromatic N) is 1. The summed E-state index contributed by atoms with van der Waals surface area (Å²) in [6.45, 7) is 5.72. The molecular formula is C10H22Cl2N2O. The molecule has 1 N–H and O–H groups in total. The van der Waals surface area contributed by atoms with Gasteiger partial charge in [-0.15, -0.1) is 24.8 Å². The average Bonchev–Trinajstić information content (AvgIpc) is 2.84. The number of halogens is 2. The number of hydrogen-bond donors (Lipinski definition) is 1. The Kier molecular flexibility index (Phi) is 7.92. The molecule has 92 valence electrons. The van der Waals surface area contributed by atoms with Crippen LogP contribution in [0.15, 0.2) is 0 Å². The van der Waals surface area contributed by atoms with E-state index in [0.717, 1.165) is 25.1 Å². The molecule has 0 spiro atoms. The Bertz CT molecular complexity index is 164. The lowest BCUT2D eigenvalue weighted by Crippen LogP contribution is -2.49. The van der Waals surface area contributed by atoms with Gasteiger partial charge >= 0.3 is 0 Å². The van der Waals surface area contributed by atoms with Crippen LogP contribution in [0.3, 0.4) is 0 Å². The zero-order valence-electron chi connectivity index (χ0n) is 9.28. The van der Waals surface area contributed by atoms with Gasteiger partial charge in [0.15, 0.2) is 0 Å². The molecule has 15 heavy (non-hydrogen) atoms. The molecular weight excluding hydrogens is 235 g/mol. The minimum Gasteiger partial charge on any atom is -0.383 e. The third-order valence-electron chi connectivity index (χ3n) is 3.00. The van der Waals surface area contributed by atoms with Crippen molar-refractivity contribution in [3.8, 4) is 0 Å². The molecule has 0 radical (unpaired) electrons. The van der Waals surface area contributed by atoms with E-state index in [1.807, 2.05) is 0 Å². The van der Waals surface area contributed by atoms with E-state index in [9.17, 15) is 0 Å². The first-order chi connectivity index (χ1) is 6.40. The maximum Gasteiger partial charge on any atom is 0.0589 e. The van der Waals surface area contributed by atoms with Gasteiger partial charge in [-0.05, 0) is 18.8 Å². The Labute approximate surface area is 105 Å². The second-order valence-corrected chi connectivity index (χ2v) is 4.24. The second-order valence-electron chi connectivity index (χ2n) is 4.24. The lowest BCUT2D eigenvalue weighted by Gasteiger charge is -2.33. The standard InChI is InChI=1S/C10H20N2O.2ClH/c1-13-5-4-12(10-2-3-10)8-9-6-11-7-9;;/h9-11H,2-8H2,1H3;2*1H. The normalized spacial score (nSPS) is 20.4. The Morgan fingerprint density at radius 2 is 1.93 bits per heavy atom. The smallest absolute Gasteiger partial charge is 0.0589 e. The number of methoxy groups -OCH3 is 1. The van der Waals surface area contributed by atoms with Crippen LogP contribution in [0.1, 0.15) is 12.8 Å². The van der Waals surface area contributed by atoms with Crippen molar-refractivity contribution in [2.24, 2.45) is 5.92 Å². The van der Waals surface area contributed by atoms with E-state index in [1.165, 1.54) is 32.5 Å². The summed E-state index contributed by atoms with van der Waals surface area (Å²) in [5.74, 6) is 0.900. The molecule has 0 atom stereocenters. The number of hydrogen-bond acceptors (Lipinski definition) is 3. The number of ether oxygens (including phenoxy) is 1. The van der Waals surface area contributed by atoms with Crippen LogP contribution < -0.4 is 5.32 Å². The number of rotatable bonds is 6. The molecule has 0 unspecified atom stereocenters. The largest absolute Gasteiger partial charge is 0.383 e. The summed E-state index contributed by atoms with van der Waals surface area (Å²) in [5, 5.41) is 3.32. The molecule has 1 aliphatic carbocycles. The molecule has 5 heteroatoms. The van der Waals surface area contributed by atoms with Gasteiger partial charge in [-0.1, -0.05) is 0 Å². The predicted molar refractivity (Wildman–Crippen MR) is 67.3 cm³/mol. The van der Waals surface area contributed by atoms with Gasteiger partial charge in [0.05, 0.1) is 6.61 Å². The zero-order valence-corrected chi connectivity index (χ0v) is 10.9. The SMILES string of the molecule is COCCN(CC1CNC1)C1CC1.Cl.Cl. The maximum atomic E-state index is 5.13. The third-order valence-corrected chi connectivity index (χ3v) is 3.00. The molecule has 1 saturated heterocycles. The van der Waals surface area contributed by atoms with Gasteiger partial charge in [-0.3, -0.25) is 4.90 Å². The maximum absolute atomic E-state index is 5.13. The van der Waals surface area contributed by atoms with Crippen LogP contribution >= 0.6 is 24.8 Å². The lowest BCUT2D eigenvalue weighted by molar-refractivity contribution is 0.121. The van der Waals surface area contributed by atoms with Crippen LogP contribution in [0.4, 0.5) is 0 Å². The first-order valence-corrected chi connectivity index (χ1v) is 5.34. The highest BCUT2D eigenvalue weighted by Gasteiger charge is 2.31.